The number of nitrogens with one attached hydrogen (secondary N) is 1. The van der Waals surface area contributed by atoms with Gasteiger partial charge in [-0.1, -0.05) is 0 Å². The molecule has 0 aromatic carbocycles. The first kappa shape index (κ1) is 15.5. The average Bonchev–Trinajstić information content (AvgIpc) is 2.98. The Bertz CT molecular complexity index is 397. The van der Waals surface area contributed by atoms with Gasteiger partial charge in [0.15, 0.2) is 0 Å². The Morgan fingerprint density at radius 2 is 2.35 bits per heavy atom. The summed E-state index contributed by atoms with van der Waals surface area (Å²) in [6, 6.07) is -0.0216. The molecule has 1 saturated heterocycles. The monoisotopic (exact) mass is 312 g/mol. The first-order valence-electron chi connectivity index (χ1n) is 6.08. The molecule has 1 N–H and O–H groups in total. The van der Waals surface area contributed by atoms with Crippen LogP contribution in [0.5, 0.6) is 0 Å². The van der Waals surface area contributed by atoms with Gasteiger partial charge < -0.3 is 14.9 Å². The molecule has 20 heavy (non-hydrogen) atoms. The van der Waals surface area contributed by atoms with Gasteiger partial charge in [-0.2, -0.15) is 18.2 Å². The van der Waals surface area contributed by atoms with Gasteiger partial charge in [0.2, 0.25) is 0 Å². The van der Waals surface area contributed by atoms with Crippen molar-refractivity contribution in [2.24, 2.45) is 0 Å². The van der Waals surface area contributed by atoms with Crippen molar-refractivity contribution in [1.29, 1.82) is 0 Å². The topological polar surface area (TPSA) is 50.8 Å². The molecule has 2 aliphatic heterocycles. The van der Waals surface area contributed by atoms with Gasteiger partial charge in [-0.3, -0.25) is 0 Å². The highest BCUT2D eigenvalue weighted by molar-refractivity contribution is 8.03. The first-order chi connectivity index (χ1) is 9.43. The number of hydrogen-bond donors (Lipinski definition) is 1. The molecule has 1 unspecified atom stereocenters. The fourth-order valence-corrected chi connectivity index (χ4v) is 3.31. The van der Waals surface area contributed by atoms with Gasteiger partial charge in [-0.15, -0.1) is 11.8 Å². The largest absolute Gasteiger partial charge is 0.493 e. The lowest BCUT2D eigenvalue weighted by Crippen LogP contribution is -2.46. The van der Waals surface area contributed by atoms with Crippen LogP contribution in [0, 0.1) is 0 Å². The number of hydrogen-bond acceptors (Lipinski definition) is 6. The summed E-state index contributed by atoms with van der Waals surface area (Å²) < 4.78 is 42.0. The lowest BCUT2D eigenvalue weighted by molar-refractivity contribution is -0.235. The third-order valence-corrected chi connectivity index (χ3v) is 4.21. The molecule has 0 saturated carbocycles. The minimum absolute atomic E-state index is 0.0216. The van der Waals surface area contributed by atoms with Crippen molar-refractivity contribution in [2.75, 3.05) is 20.3 Å². The van der Waals surface area contributed by atoms with Gasteiger partial charge in [-0.05, 0) is 24.8 Å². The summed E-state index contributed by atoms with van der Waals surface area (Å²) in [6.07, 6.45) is -3.24. The van der Waals surface area contributed by atoms with Crippen molar-refractivity contribution >= 4 is 17.7 Å². The predicted octanol–water partition coefficient (Wildman–Crippen LogP) is 1.62. The van der Waals surface area contributed by atoms with Crippen LogP contribution >= 0.6 is 11.8 Å². The summed E-state index contributed by atoms with van der Waals surface area (Å²) >= 11 is 1.33. The SMILES string of the molecule is COCC1=CSC([C@H]2CCCN2)N1OC(=O)C(F)(F)F. The van der Waals surface area contributed by atoms with E-state index in [9.17, 15) is 18.0 Å². The number of alkyl halides is 3. The number of halogens is 3. The number of ether oxygens (including phenoxy) is 1. The van der Waals surface area contributed by atoms with Gasteiger partial charge in [0.05, 0.1) is 12.3 Å². The van der Waals surface area contributed by atoms with Crippen LogP contribution in [0.15, 0.2) is 11.1 Å². The molecule has 0 aliphatic carbocycles. The van der Waals surface area contributed by atoms with Crippen LogP contribution in [0.1, 0.15) is 12.8 Å². The molecule has 1 fully saturated rings. The molecular weight excluding hydrogens is 297 g/mol. The fourth-order valence-electron chi connectivity index (χ4n) is 2.13. The summed E-state index contributed by atoms with van der Waals surface area (Å²) in [5.74, 6) is -2.22. The van der Waals surface area contributed by atoms with Gasteiger partial charge in [0.25, 0.3) is 0 Å². The van der Waals surface area contributed by atoms with Crippen LogP contribution in [-0.4, -0.2) is 48.9 Å². The Labute approximate surface area is 118 Å². The second-order valence-electron chi connectivity index (χ2n) is 4.47. The van der Waals surface area contributed by atoms with E-state index in [-0.39, 0.29) is 12.6 Å². The zero-order valence-electron chi connectivity index (χ0n) is 10.8. The Morgan fingerprint density at radius 3 is 2.90 bits per heavy atom. The molecule has 2 rings (SSSR count). The van der Waals surface area contributed by atoms with Crippen molar-refractivity contribution in [1.82, 2.24) is 10.4 Å². The third kappa shape index (κ3) is 3.39. The van der Waals surface area contributed by atoms with Crippen LogP contribution in [0.2, 0.25) is 0 Å². The molecule has 0 bridgehead atoms. The molecular formula is C11H15F3N2O3S. The summed E-state index contributed by atoms with van der Waals surface area (Å²) in [5.41, 5.74) is 0.411. The van der Waals surface area contributed by atoms with Gasteiger partial charge >= 0.3 is 12.1 Å². The Balaban J connectivity index is 2.08. The zero-order valence-corrected chi connectivity index (χ0v) is 11.6. The molecule has 0 aromatic heterocycles. The van der Waals surface area contributed by atoms with Gasteiger partial charge in [0, 0.05) is 13.2 Å². The van der Waals surface area contributed by atoms with Crippen LogP contribution in [-0.2, 0) is 14.4 Å². The molecule has 0 radical (unpaired) electrons. The number of methoxy groups -OCH3 is 1. The van der Waals surface area contributed by atoms with Crippen LogP contribution in [0.4, 0.5) is 13.2 Å². The molecule has 2 aliphatic rings. The van der Waals surface area contributed by atoms with E-state index in [1.807, 2.05) is 0 Å². The molecule has 114 valence electrons. The van der Waals surface area contributed by atoms with Crippen molar-refractivity contribution in [3.63, 3.8) is 0 Å². The molecule has 0 aromatic rings. The molecule has 5 nitrogen and oxygen atoms in total. The highest BCUT2D eigenvalue weighted by Gasteiger charge is 2.46. The first-order valence-corrected chi connectivity index (χ1v) is 7.03. The minimum atomic E-state index is -5.01. The van der Waals surface area contributed by atoms with Crippen molar-refractivity contribution < 1.29 is 27.5 Å². The lowest BCUT2D eigenvalue weighted by Gasteiger charge is -2.30. The van der Waals surface area contributed by atoms with Crippen molar-refractivity contribution in [2.45, 2.75) is 30.4 Å². The van der Waals surface area contributed by atoms with E-state index >= 15 is 0 Å². The lowest BCUT2D eigenvalue weighted by atomic mass is 10.2. The Kier molecular flexibility index (Phi) is 4.82. The summed E-state index contributed by atoms with van der Waals surface area (Å²) in [5, 5.41) is 5.48. The standard InChI is InChI=1S/C11H15F3N2O3S/c1-18-5-7-6-20-9(8-3-2-4-15-8)16(7)19-10(17)11(12,13)14/h6,8-9,15H,2-5H2,1H3/t8-,9?/m1/s1. The second kappa shape index (κ2) is 6.23. The number of nitrogens with zero attached hydrogens (tertiary/aromatic N) is 1. The normalized spacial score (nSPS) is 26.8. The van der Waals surface area contributed by atoms with Crippen LogP contribution in [0.25, 0.3) is 0 Å². The number of hydroxylamine groups is 2. The van der Waals surface area contributed by atoms with Gasteiger partial charge in [-0.25, -0.2) is 4.79 Å². The van der Waals surface area contributed by atoms with Crippen molar-refractivity contribution in [3.05, 3.63) is 11.1 Å². The average molecular weight is 312 g/mol. The summed E-state index contributed by atoms with van der Waals surface area (Å²) in [7, 11) is 1.43. The quantitative estimate of drug-likeness (QED) is 0.851. The predicted molar refractivity (Wildman–Crippen MR) is 66.3 cm³/mol. The van der Waals surface area contributed by atoms with Crippen LogP contribution in [0.3, 0.4) is 0 Å². The minimum Gasteiger partial charge on any atom is -0.378 e. The third-order valence-electron chi connectivity index (χ3n) is 3.01. The van der Waals surface area contributed by atoms with E-state index in [0.717, 1.165) is 24.4 Å². The highest BCUT2D eigenvalue weighted by atomic mass is 32.2. The Hall–Kier alpha value is -0.930. The zero-order chi connectivity index (χ0) is 14.8. The second-order valence-corrected chi connectivity index (χ2v) is 5.46. The molecule has 0 amide bonds. The van der Waals surface area contributed by atoms with E-state index in [2.05, 4.69) is 10.2 Å². The maximum atomic E-state index is 12.3. The van der Waals surface area contributed by atoms with Gasteiger partial charge in [0.1, 0.15) is 5.37 Å². The maximum absolute atomic E-state index is 12.3. The molecule has 0 spiro atoms. The molecule has 2 atom stereocenters. The molecule has 2 heterocycles. The van der Waals surface area contributed by atoms with E-state index in [4.69, 9.17) is 4.74 Å². The smallest absolute Gasteiger partial charge is 0.378 e. The van der Waals surface area contributed by atoms with E-state index in [1.54, 1.807) is 5.41 Å². The summed E-state index contributed by atoms with van der Waals surface area (Å²) in [4.78, 5) is 15.6. The highest BCUT2D eigenvalue weighted by Crippen LogP contribution is 2.36. The fraction of sp³-hybridized carbons (Fsp3) is 0.727. The Morgan fingerprint density at radius 1 is 1.60 bits per heavy atom. The number of rotatable bonds is 4. The number of thioether (sulfide) groups is 1. The number of carbonyl (C=O) groups is 1. The maximum Gasteiger partial charge on any atom is 0.493 e. The van der Waals surface area contributed by atoms with E-state index in [1.165, 1.54) is 18.9 Å². The molecule has 9 heteroatoms. The number of carbonyl (C=O) groups excluding carboxylic acids is 1. The van der Waals surface area contributed by atoms with Crippen LogP contribution < -0.4 is 5.32 Å². The summed E-state index contributed by atoms with van der Waals surface area (Å²) in [6.45, 7) is 0.893. The van der Waals surface area contributed by atoms with E-state index in [0.29, 0.717) is 5.70 Å². The van der Waals surface area contributed by atoms with Crippen molar-refractivity contribution in [3.8, 4) is 0 Å². The van der Waals surface area contributed by atoms with E-state index < -0.39 is 17.5 Å².